The Balaban J connectivity index is 1.31. The van der Waals surface area contributed by atoms with E-state index in [1.54, 1.807) is 18.3 Å². The number of para-hydroxylation sites is 2. The van der Waals surface area contributed by atoms with Crippen LogP contribution in [0.15, 0.2) is 47.0 Å². The van der Waals surface area contributed by atoms with Gasteiger partial charge in [-0.3, -0.25) is 4.79 Å². The van der Waals surface area contributed by atoms with Gasteiger partial charge in [-0.15, -0.1) is 0 Å². The molecule has 1 fully saturated rings. The first-order valence-corrected chi connectivity index (χ1v) is 8.94. The molecule has 1 aliphatic heterocycles. The van der Waals surface area contributed by atoms with Gasteiger partial charge in [-0.05, 0) is 31.0 Å². The first-order valence-electron chi connectivity index (χ1n) is 8.56. The summed E-state index contributed by atoms with van der Waals surface area (Å²) in [4.78, 5) is 22.9. The first kappa shape index (κ1) is 16.8. The molecule has 3 heterocycles. The quantitative estimate of drug-likeness (QED) is 0.512. The third kappa shape index (κ3) is 3.65. The largest absolute Gasteiger partial charge is 0.461 e. The van der Waals surface area contributed by atoms with Crippen molar-refractivity contribution < 1.29 is 13.9 Å². The summed E-state index contributed by atoms with van der Waals surface area (Å²) in [6.45, 7) is 1.65. The average Bonchev–Trinajstić information content (AvgIpc) is 3.12. The van der Waals surface area contributed by atoms with Gasteiger partial charge in [0.1, 0.15) is 17.3 Å². The maximum absolute atomic E-state index is 12.3. The molecule has 134 valence electrons. The lowest BCUT2D eigenvalue weighted by Crippen LogP contribution is -2.37. The normalized spacial score (nSPS) is 15.3. The van der Waals surface area contributed by atoms with E-state index in [1.807, 2.05) is 24.3 Å². The van der Waals surface area contributed by atoms with E-state index in [0.29, 0.717) is 11.2 Å². The molecule has 7 heteroatoms. The summed E-state index contributed by atoms with van der Waals surface area (Å²) in [6, 6.07) is 11.8. The number of carbonyl (C=O) groups excluding carboxylic acids is 1. The van der Waals surface area contributed by atoms with E-state index in [2.05, 4.69) is 14.9 Å². The van der Waals surface area contributed by atoms with Crippen molar-refractivity contribution in [1.29, 1.82) is 0 Å². The highest BCUT2D eigenvalue weighted by atomic mass is 35.5. The number of esters is 1. The number of oxazole rings is 1. The van der Waals surface area contributed by atoms with Gasteiger partial charge >= 0.3 is 5.97 Å². The van der Waals surface area contributed by atoms with E-state index in [4.69, 9.17) is 20.8 Å². The fraction of sp³-hybridized carbons (Fsp3) is 0.316. The minimum Gasteiger partial charge on any atom is -0.461 e. The molecular weight excluding hydrogens is 354 g/mol. The van der Waals surface area contributed by atoms with Gasteiger partial charge in [0.25, 0.3) is 6.01 Å². The number of nitrogens with zero attached hydrogens (tertiary/aromatic N) is 3. The highest BCUT2D eigenvalue weighted by Crippen LogP contribution is 2.27. The number of anilines is 1. The highest BCUT2D eigenvalue weighted by Gasteiger charge is 2.28. The summed E-state index contributed by atoms with van der Waals surface area (Å²) in [5.74, 6) is -0.270. The van der Waals surface area contributed by atoms with E-state index < -0.39 is 0 Å². The molecule has 0 N–H and O–H groups in total. The summed E-state index contributed by atoms with van der Waals surface area (Å²) in [6.07, 6.45) is 3.05. The van der Waals surface area contributed by atoms with Crippen molar-refractivity contribution >= 4 is 34.7 Å². The molecule has 6 nitrogen and oxygen atoms in total. The van der Waals surface area contributed by atoms with E-state index in [1.165, 1.54) is 0 Å². The fourth-order valence-corrected chi connectivity index (χ4v) is 3.18. The summed E-state index contributed by atoms with van der Waals surface area (Å²) in [5.41, 5.74) is 2.45. The molecule has 0 radical (unpaired) electrons. The van der Waals surface area contributed by atoms with Gasteiger partial charge < -0.3 is 14.1 Å². The zero-order valence-electron chi connectivity index (χ0n) is 14.1. The van der Waals surface area contributed by atoms with Gasteiger partial charge in [0.2, 0.25) is 0 Å². The summed E-state index contributed by atoms with van der Waals surface area (Å²) < 4.78 is 11.2. The molecule has 4 rings (SSSR count). The smallest absolute Gasteiger partial charge is 0.309 e. The number of hydrogen-bond acceptors (Lipinski definition) is 6. The van der Waals surface area contributed by atoms with E-state index >= 15 is 0 Å². The van der Waals surface area contributed by atoms with Crippen LogP contribution >= 0.6 is 11.6 Å². The third-order valence-corrected chi connectivity index (χ3v) is 4.77. The number of aromatic nitrogens is 2. The van der Waals surface area contributed by atoms with Crippen LogP contribution in [0.2, 0.25) is 5.15 Å². The monoisotopic (exact) mass is 371 g/mol. The maximum Gasteiger partial charge on any atom is 0.309 e. The van der Waals surface area contributed by atoms with Crippen molar-refractivity contribution in [2.24, 2.45) is 5.92 Å². The fourth-order valence-electron chi connectivity index (χ4n) is 3.07. The Morgan fingerprint density at radius 1 is 1.23 bits per heavy atom. The SMILES string of the molecule is O=C(OCc1ccc(Cl)nc1)C1CCN(c2nc3ccccc3o2)CC1. The molecule has 26 heavy (non-hydrogen) atoms. The standard InChI is InChI=1S/C19H18ClN3O3/c20-17-6-5-13(11-21-17)12-25-18(24)14-7-9-23(10-8-14)19-22-15-3-1-2-4-16(15)26-19/h1-6,11,14H,7-10,12H2. The van der Waals surface area contributed by atoms with Crippen LogP contribution in [0.5, 0.6) is 0 Å². The molecule has 0 aliphatic carbocycles. The molecule has 0 amide bonds. The Bertz CT molecular complexity index is 869. The van der Waals surface area contributed by atoms with Crippen molar-refractivity contribution in [3.8, 4) is 0 Å². The van der Waals surface area contributed by atoms with Crippen LogP contribution in [-0.2, 0) is 16.1 Å². The Labute approximate surface area is 155 Å². The average molecular weight is 372 g/mol. The Kier molecular flexibility index (Phi) is 4.75. The maximum atomic E-state index is 12.3. The summed E-state index contributed by atoms with van der Waals surface area (Å²) in [7, 11) is 0. The predicted octanol–water partition coefficient (Wildman–Crippen LogP) is 3.84. The predicted molar refractivity (Wildman–Crippen MR) is 98.0 cm³/mol. The second kappa shape index (κ2) is 7.33. The minimum absolute atomic E-state index is 0.101. The number of pyridine rings is 1. The van der Waals surface area contributed by atoms with Crippen LogP contribution in [0.25, 0.3) is 11.1 Å². The minimum atomic E-state index is -0.169. The number of ether oxygens (including phenoxy) is 1. The molecule has 1 aliphatic rings. The number of rotatable bonds is 4. The molecular formula is C19H18ClN3O3. The van der Waals surface area contributed by atoms with Gasteiger partial charge in [-0.25, -0.2) is 4.98 Å². The summed E-state index contributed by atoms with van der Waals surface area (Å²) in [5, 5.41) is 0.423. The van der Waals surface area contributed by atoms with Crippen molar-refractivity contribution in [3.63, 3.8) is 0 Å². The lowest BCUT2D eigenvalue weighted by Gasteiger charge is -2.29. The molecule has 0 spiro atoms. The number of carbonyl (C=O) groups is 1. The van der Waals surface area contributed by atoms with Gasteiger partial charge in [-0.1, -0.05) is 29.8 Å². The van der Waals surface area contributed by atoms with Gasteiger partial charge in [0.15, 0.2) is 5.58 Å². The van der Waals surface area contributed by atoms with Crippen molar-refractivity contribution in [2.75, 3.05) is 18.0 Å². The van der Waals surface area contributed by atoms with Crippen LogP contribution in [0.4, 0.5) is 6.01 Å². The van der Waals surface area contributed by atoms with Crippen molar-refractivity contribution in [1.82, 2.24) is 9.97 Å². The Morgan fingerprint density at radius 3 is 2.77 bits per heavy atom. The number of piperidine rings is 1. The van der Waals surface area contributed by atoms with E-state index in [9.17, 15) is 4.79 Å². The van der Waals surface area contributed by atoms with Crippen LogP contribution in [-0.4, -0.2) is 29.0 Å². The molecule has 2 aromatic heterocycles. The molecule has 0 unspecified atom stereocenters. The van der Waals surface area contributed by atoms with Crippen LogP contribution < -0.4 is 4.90 Å². The highest BCUT2D eigenvalue weighted by molar-refractivity contribution is 6.29. The molecule has 0 saturated carbocycles. The van der Waals surface area contributed by atoms with E-state index in [-0.39, 0.29) is 18.5 Å². The molecule has 1 aromatic carbocycles. The lowest BCUT2D eigenvalue weighted by molar-refractivity contribution is -0.150. The third-order valence-electron chi connectivity index (χ3n) is 4.55. The molecule has 1 saturated heterocycles. The van der Waals surface area contributed by atoms with Gasteiger partial charge in [0, 0.05) is 24.8 Å². The van der Waals surface area contributed by atoms with Crippen LogP contribution in [0.1, 0.15) is 18.4 Å². The van der Waals surface area contributed by atoms with Gasteiger partial charge in [0.05, 0.1) is 5.92 Å². The topological polar surface area (TPSA) is 68.5 Å². The summed E-state index contributed by atoms with van der Waals surface area (Å²) >= 11 is 5.75. The molecule has 0 bridgehead atoms. The molecule has 3 aromatic rings. The zero-order chi connectivity index (χ0) is 17.9. The lowest BCUT2D eigenvalue weighted by atomic mass is 9.97. The zero-order valence-corrected chi connectivity index (χ0v) is 14.9. The Hall–Kier alpha value is -2.60. The van der Waals surface area contributed by atoms with Gasteiger partial charge in [-0.2, -0.15) is 4.98 Å². The number of halogens is 1. The first-order chi connectivity index (χ1) is 12.7. The van der Waals surface area contributed by atoms with Crippen molar-refractivity contribution in [3.05, 3.63) is 53.3 Å². The van der Waals surface area contributed by atoms with E-state index in [0.717, 1.165) is 42.6 Å². The Morgan fingerprint density at radius 2 is 2.04 bits per heavy atom. The van der Waals surface area contributed by atoms with Crippen LogP contribution in [0, 0.1) is 5.92 Å². The van der Waals surface area contributed by atoms with Crippen LogP contribution in [0.3, 0.4) is 0 Å². The number of fused-ring (bicyclic) bond motifs is 1. The van der Waals surface area contributed by atoms with Crippen molar-refractivity contribution in [2.45, 2.75) is 19.4 Å². The second-order valence-corrected chi connectivity index (χ2v) is 6.71. The number of benzene rings is 1. The molecule has 0 atom stereocenters. The second-order valence-electron chi connectivity index (χ2n) is 6.32. The number of hydrogen-bond donors (Lipinski definition) is 0.